The summed E-state index contributed by atoms with van der Waals surface area (Å²) in [7, 11) is 0. The van der Waals surface area contributed by atoms with E-state index in [0.717, 1.165) is 0 Å². The molecule has 0 N–H and O–H groups in total. The van der Waals surface area contributed by atoms with Gasteiger partial charge in [0.05, 0.1) is 19.3 Å². The Bertz CT molecular complexity index is 920. The molecule has 9 heteroatoms. The molecule has 1 aromatic heterocycles. The Labute approximate surface area is 172 Å². The summed E-state index contributed by atoms with van der Waals surface area (Å²) in [6, 6.07) is 6.31. The number of halogens is 1. The molecule has 2 unspecified atom stereocenters. The van der Waals surface area contributed by atoms with Crippen LogP contribution in [0.15, 0.2) is 29.4 Å². The average Bonchev–Trinajstić information content (AvgIpc) is 3.43. The van der Waals surface area contributed by atoms with Crippen molar-refractivity contribution < 1.29 is 18.7 Å². The summed E-state index contributed by atoms with van der Waals surface area (Å²) >= 11 is 1.38. The van der Waals surface area contributed by atoms with Gasteiger partial charge in [-0.2, -0.15) is 4.68 Å². The third kappa shape index (κ3) is 3.30. The van der Waals surface area contributed by atoms with Gasteiger partial charge in [-0.3, -0.25) is 9.69 Å². The fraction of sp³-hybridized carbons (Fsp3) is 0.550. The van der Waals surface area contributed by atoms with Crippen LogP contribution in [-0.2, 0) is 15.9 Å². The van der Waals surface area contributed by atoms with Gasteiger partial charge in [0.1, 0.15) is 11.1 Å². The highest BCUT2D eigenvalue weighted by Crippen LogP contribution is 2.44. The van der Waals surface area contributed by atoms with E-state index >= 15 is 0 Å². The van der Waals surface area contributed by atoms with Crippen LogP contribution in [0, 0.1) is 5.82 Å². The number of carbonyl (C=O) groups is 1. The molecule has 7 nitrogen and oxygen atoms in total. The highest BCUT2D eigenvalue weighted by molar-refractivity contribution is 8.00. The van der Waals surface area contributed by atoms with Crippen molar-refractivity contribution in [1.82, 2.24) is 19.7 Å². The minimum absolute atomic E-state index is 0.140. The first-order chi connectivity index (χ1) is 14.1. The van der Waals surface area contributed by atoms with Gasteiger partial charge in [-0.1, -0.05) is 36.9 Å². The Morgan fingerprint density at radius 3 is 2.66 bits per heavy atom. The van der Waals surface area contributed by atoms with Gasteiger partial charge < -0.3 is 9.47 Å². The third-order valence-corrected chi connectivity index (χ3v) is 7.09. The van der Waals surface area contributed by atoms with Gasteiger partial charge in [0, 0.05) is 37.9 Å². The maximum atomic E-state index is 14.8. The van der Waals surface area contributed by atoms with Gasteiger partial charge in [0.25, 0.3) is 5.91 Å². The number of nitrogens with zero attached hydrogens (tertiary/aromatic N) is 4. The number of thioether (sulfide) groups is 1. The number of hydrogen-bond acceptors (Lipinski definition) is 7. The lowest BCUT2D eigenvalue weighted by molar-refractivity contribution is -0.188. The van der Waals surface area contributed by atoms with E-state index in [1.165, 1.54) is 22.5 Å². The lowest BCUT2D eigenvalue weighted by atomic mass is 9.95. The lowest BCUT2D eigenvalue weighted by Crippen LogP contribution is -2.49. The molecular formula is C20H23FN4O3S. The number of ether oxygens (including phenoxy) is 2. The summed E-state index contributed by atoms with van der Waals surface area (Å²) in [5.41, 5.74) is 0.532. The lowest BCUT2D eigenvalue weighted by Gasteiger charge is -2.42. The zero-order valence-corrected chi connectivity index (χ0v) is 17.0. The smallest absolute Gasteiger partial charge is 0.264 e. The quantitative estimate of drug-likeness (QED) is 0.756. The molecule has 0 amide bonds. The molecule has 0 saturated carbocycles. The highest BCUT2D eigenvalue weighted by atomic mass is 32.2. The Hall–Kier alpha value is -1.81. The van der Waals surface area contributed by atoms with Crippen LogP contribution in [0.25, 0.3) is 0 Å². The van der Waals surface area contributed by atoms with E-state index in [9.17, 15) is 9.18 Å². The predicted octanol–water partition coefficient (Wildman–Crippen LogP) is 2.67. The van der Waals surface area contributed by atoms with Gasteiger partial charge in [-0.25, -0.2) is 9.37 Å². The van der Waals surface area contributed by atoms with E-state index in [2.05, 4.69) is 15.0 Å². The fourth-order valence-electron chi connectivity index (χ4n) is 4.39. The number of rotatable bonds is 4. The number of benzene rings is 1. The summed E-state index contributed by atoms with van der Waals surface area (Å²) < 4.78 is 27.9. The molecule has 3 aliphatic rings. The van der Waals surface area contributed by atoms with E-state index in [1.54, 1.807) is 12.1 Å². The van der Waals surface area contributed by atoms with Crippen molar-refractivity contribution in [3.63, 3.8) is 0 Å². The van der Waals surface area contributed by atoms with Crippen molar-refractivity contribution in [2.75, 3.05) is 26.3 Å². The predicted molar refractivity (Wildman–Crippen MR) is 104 cm³/mol. The number of aromatic nitrogens is 3. The monoisotopic (exact) mass is 418 g/mol. The van der Waals surface area contributed by atoms with Crippen LogP contribution in [0.3, 0.4) is 0 Å². The number of hydrogen-bond donors (Lipinski definition) is 0. The molecule has 2 saturated heterocycles. The van der Waals surface area contributed by atoms with Crippen LogP contribution in [0.1, 0.15) is 42.0 Å². The third-order valence-electron chi connectivity index (χ3n) is 5.90. The summed E-state index contributed by atoms with van der Waals surface area (Å²) in [6.07, 6.45) is 2.07. The van der Waals surface area contributed by atoms with Crippen LogP contribution in [0.2, 0.25) is 0 Å². The minimum atomic E-state index is -0.520. The van der Waals surface area contributed by atoms with Crippen LogP contribution in [0.4, 0.5) is 4.39 Å². The summed E-state index contributed by atoms with van der Waals surface area (Å²) in [5.74, 6) is -0.310. The number of carbonyl (C=O) groups excluding carboxylic acids is 1. The standard InChI is InChI=1S/C20H23FN4O3S/c1-2-15-22-19-25(23-15)18(26)17(29-19)16(13-5-3-4-6-14(13)21)24-9-7-20(8-10-24)27-11-12-28-20/h3-6,16-17H,2,7-12H2,1H3. The van der Waals surface area contributed by atoms with E-state index in [0.29, 0.717) is 62.1 Å². The number of likely N-dealkylation sites (tertiary alicyclic amines) is 1. The van der Waals surface area contributed by atoms with Crippen LogP contribution < -0.4 is 0 Å². The van der Waals surface area contributed by atoms with E-state index in [-0.39, 0.29) is 11.7 Å². The number of aryl methyl sites for hydroxylation is 1. The Morgan fingerprint density at radius 2 is 2.00 bits per heavy atom. The molecule has 29 heavy (non-hydrogen) atoms. The van der Waals surface area contributed by atoms with Crippen molar-refractivity contribution in [3.05, 3.63) is 41.5 Å². The normalized spacial score (nSPS) is 24.9. The first kappa shape index (κ1) is 19.2. The molecule has 3 aliphatic heterocycles. The molecule has 1 spiro atoms. The number of piperidine rings is 1. The second kappa shape index (κ2) is 7.46. The van der Waals surface area contributed by atoms with Gasteiger partial charge >= 0.3 is 0 Å². The van der Waals surface area contributed by atoms with Crippen LogP contribution >= 0.6 is 11.8 Å². The van der Waals surface area contributed by atoms with E-state index in [4.69, 9.17) is 9.47 Å². The average molecular weight is 418 g/mol. The first-order valence-corrected chi connectivity index (χ1v) is 10.9. The summed E-state index contributed by atoms with van der Waals surface area (Å²) in [4.78, 5) is 19.8. The molecule has 0 aliphatic carbocycles. The first-order valence-electron chi connectivity index (χ1n) is 10.0. The van der Waals surface area contributed by atoms with Gasteiger partial charge in [0.2, 0.25) is 0 Å². The van der Waals surface area contributed by atoms with Crippen molar-refractivity contribution in [1.29, 1.82) is 0 Å². The summed E-state index contributed by atoms with van der Waals surface area (Å²) in [5, 5.41) is 4.42. The summed E-state index contributed by atoms with van der Waals surface area (Å²) in [6.45, 7) is 4.51. The van der Waals surface area contributed by atoms with E-state index in [1.807, 2.05) is 13.0 Å². The zero-order chi connectivity index (χ0) is 20.0. The Kier molecular flexibility index (Phi) is 4.93. The van der Waals surface area contributed by atoms with Crippen molar-refractivity contribution >= 4 is 17.7 Å². The highest BCUT2D eigenvalue weighted by Gasteiger charge is 2.47. The van der Waals surface area contributed by atoms with Crippen LogP contribution in [-0.4, -0.2) is 62.9 Å². The van der Waals surface area contributed by atoms with Crippen molar-refractivity contribution in [2.45, 2.75) is 48.4 Å². The Morgan fingerprint density at radius 1 is 1.28 bits per heavy atom. The molecule has 2 aromatic rings. The second-order valence-corrected chi connectivity index (χ2v) is 8.67. The molecule has 0 radical (unpaired) electrons. The number of fused-ring (bicyclic) bond motifs is 1. The van der Waals surface area contributed by atoms with Gasteiger partial charge in [-0.15, -0.1) is 5.10 Å². The topological polar surface area (TPSA) is 69.5 Å². The van der Waals surface area contributed by atoms with E-state index < -0.39 is 17.1 Å². The molecule has 1 aromatic carbocycles. The maximum absolute atomic E-state index is 14.8. The molecule has 0 bridgehead atoms. The SMILES string of the molecule is CCc1nc2n(n1)C(=O)C(C(c1ccccc1F)N1CCC3(CC1)OCCO3)S2. The van der Waals surface area contributed by atoms with Crippen molar-refractivity contribution in [3.8, 4) is 0 Å². The Balaban J connectivity index is 1.45. The fourth-order valence-corrected chi connectivity index (χ4v) is 5.65. The minimum Gasteiger partial charge on any atom is -0.347 e. The maximum Gasteiger partial charge on any atom is 0.264 e. The molecule has 5 rings (SSSR count). The van der Waals surface area contributed by atoms with Gasteiger partial charge in [-0.05, 0) is 6.07 Å². The zero-order valence-electron chi connectivity index (χ0n) is 16.2. The molecule has 154 valence electrons. The molecule has 2 fully saturated rings. The molecule has 2 atom stereocenters. The van der Waals surface area contributed by atoms with Crippen molar-refractivity contribution in [2.24, 2.45) is 0 Å². The second-order valence-electron chi connectivity index (χ2n) is 7.56. The van der Waals surface area contributed by atoms with Crippen LogP contribution in [0.5, 0.6) is 0 Å². The largest absolute Gasteiger partial charge is 0.347 e. The van der Waals surface area contributed by atoms with Gasteiger partial charge in [0.15, 0.2) is 16.8 Å². The molecular weight excluding hydrogens is 395 g/mol. The molecule has 4 heterocycles.